The first-order valence-electron chi connectivity index (χ1n) is 6.18. The summed E-state index contributed by atoms with van der Waals surface area (Å²) in [6.07, 6.45) is 5.11. The van der Waals surface area contributed by atoms with E-state index in [-0.39, 0.29) is 5.75 Å². The van der Waals surface area contributed by atoms with Gasteiger partial charge in [-0.1, -0.05) is 18.2 Å². The fraction of sp³-hybridized carbons (Fsp3) is 0.429. The van der Waals surface area contributed by atoms with Crippen molar-refractivity contribution in [3.8, 4) is 11.5 Å². The van der Waals surface area contributed by atoms with Crippen molar-refractivity contribution in [2.24, 2.45) is 0 Å². The van der Waals surface area contributed by atoms with Crippen LogP contribution >= 0.6 is 0 Å². The molecule has 1 rings (SSSR count). The largest absolute Gasteiger partial charge is 0.497 e. The van der Waals surface area contributed by atoms with Crippen LogP contribution in [0.5, 0.6) is 11.5 Å². The highest BCUT2D eigenvalue weighted by molar-refractivity contribution is 7.87. The Labute approximate surface area is 115 Å². The van der Waals surface area contributed by atoms with E-state index in [9.17, 15) is 8.42 Å². The molecule has 106 valence electrons. The third kappa shape index (κ3) is 4.95. The molecule has 0 saturated heterocycles. The van der Waals surface area contributed by atoms with Crippen molar-refractivity contribution in [2.45, 2.75) is 31.9 Å². The van der Waals surface area contributed by atoms with Gasteiger partial charge in [-0.25, -0.2) is 0 Å². The number of benzene rings is 1. The van der Waals surface area contributed by atoms with E-state index < -0.39 is 15.4 Å². The van der Waals surface area contributed by atoms with Crippen molar-refractivity contribution in [1.82, 2.24) is 0 Å². The van der Waals surface area contributed by atoms with Gasteiger partial charge in [0, 0.05) is 6.07 Å². The topological polar surface area (TPSA) is 52.6 Å². The molecule has 0 aliphatic rings. The average Bonchev–Trinajstić information content (AvgIpc) is 2.38. The number of hydrogen-bond acceptors (Lipinski definition) is 4. The van der Waals surface area contributed by atoms with Gasteiger partial charge >= 0.3 is 10.1 Å². The van der Waals surface area contributed by atoms with Crippen LogP contribution in [0.2, 0.25) is 0 Å². The predicted octanol–water partition coefficient (Wildman–Crippen LogP) is 3.15. The molecular weight excluding hydrogens is 264 g/mol. The van der Waals surface area contributed by atoms with E-state index >= 15 is 0 Å². The van der Waals surface area contributed by atoms with Crippen LogP contribution in [0.3, 0.4) is 0 Å². The quantitative estimate of drug-likeness (QED) is 0.570. The van der Waals surface area contributed by atoms with Crippen LogP contribution in [-0.4, -0.2) is 20.8 Å². The maximum Gasteiger partial charge on any atom is 0.311 e. The summed E-state index contributed by atoms with van der Waals surface area (Å²) in [5, 5.41) is -0.546. The molecule has 1 aromatic rings. The Balaban J connectivity index is 2.72. The van der Waals surface area contributed by atoms with Gasteiger partial charge in [-0.2, -0.15) is 8.42 Å². The van der Waals surface area contributed by atoms with Crippen LogP contribution < -0.4 is 8.92 Å². The molecule has 0 N–H and O–H groups in total. The van der Waals surface area contributed by atoms with Gasteiger partial charge in [0.15, 0.2) is 0 Å². The number of rotatable bonds is 7. The van der Waals surface area contributed by atoms with Gasteiger partial charge in [0.2, 0.25) is 0 Å². The smallest absolute Gasteiger partial charge is 0.311 e. The van der Waals surface area contributed by atoms with Crippen molar-refractivity contribution < 1.29 is 17.3 Å². The minimum Gasteiger partial charge on any atom is -0.497 e. The summed E-state index contributed by atoms with van der Waals surface area (Å²) in [6.45, 7) is 3.56. The number of allylic oxidation sites excluding steroid dienone is 2. The van der Waals surface area contributed by atoms with Crippen LogP contribution in [0.4, 0.5) is 0 Å². The highest BCUT2D eigenvalue weighted by Crippen LogP contribution is 2.22. The van der Waals surface area contributed by atoms with Gasteiger partial charge in [-0.3, -0.25) is 0 Å². The zero-order valence-corrected chi connectivity index (χ0v) is 12.3. The fourth-order valence-electron chi connectivity index (χ4n) is 1.51. The standard InChI is InChI=1S/C14H20O4S/c1-4-5-6-8-12(2)19(15,16)18-14-10-7-9-13(11-14)17-3/h4-5,7,9-12H,6,8H2,1-3H3. The van der Waals surface area contributed by atoms with Crippen molar-refractivity contribution in [2.75, 3.05) is 7.11 Å². The molecule has 1 aromatic carbocycles. The second kappa shape index (κ2) is 7.19. The van der Waals surface area contributed by atoms with Crippen LogP contribution in [0.15, 0.2) is 36.4 Å². The molecule has 0 radical (unpaired) electrons. The SMILES string of the molecule is CC=CCCC(C)S(=O)(=O)Oc1cccc(OC)c1. The molecule has 0 bridgehead atoms. The Kier molecular flexibility index (Phi) is 5.89. The Bertz CT molecular complexity index is 520. The van der Waals surface area contributed by atoms with E-state index in [1.807, 2.05) is 19.1 Å². The molecule has 0 heterocycles. The molecule has 0 aliphatic heterocycles. The molecule has 4 nitrogen and oxygen atoms in total. The van der Waals surface area contributed by atoms with Crippen LogP contribution in [0.25, 0.3) is 0 Å². The van der Waals surface area contributed by atoms with Gasteiger partial charge in [-0.15, -0.1) is 0 Å². The van der Waals surface area contributed by atoms with Crippen LogP contribution in [0, 0.1) is 0 Å². The first-order chi connectivity index (χ1) is 8.99. The summed E-state index contributed by atoms with van der Waals surface area (Å²) in [6, 6.07) is 6.57. The molecule has 0 aliphatic carbocycles. The average molecular weight is 284 g/mol. The summed E-state index contributed by atoms with van der Waals surface area (Å²) < 4.78 is 34.1. The summed E-state index contributed by atoms with van der Waals surface area (Å²) in [7, 11) is -2.09. The Morgan fingerprint density at radius 3 is 2.63 bits per heavy atom. The monoisotopic (exact) mass is 284 g/mol. The predicted molar refractivity (Wildman–Crippen MR) is 76.1 cm³/mol. The lowest BCUT2D eigenvalue weighted by Gasteiger charge is -2.13. The van der Waals surface area contributed by atoms with E-state index in [1.54, 1.807) is 31.2 Å². The first kappa shape index (κ1) is 15.6. The summed E-state index contributed by atoms with van der Waals surface area (Å²) in [5.74, 6) is 0.839. The number of hydrogen-bond donors (Lipinski definition) is 0. The molecule has 0 fully saturated rings. The van der Waals surface area contributed by atoms with Crippen molar-refractivity contribution >= 4 is 10.1 Å². The fourth-order valence-corrected chi connectivity index (χ4v) is 2.47. The van der Waals surface area contributed by atoms with Crippen molar-refractivity contribution in [3.63, 3.8) is 0 Å². The van der Waals surface area contributed by atoms with E-state index in [1.165, 1.54) is 7.11 Å². The summed E-state index contributed by atoms with van der Waals surface area (Å²) in [5.41, 5.74) is 0. The van der Waals surface area contributed by atoms with E-state index in [4.69, 9.17) is 8.92 Å². The van der Waals surface area contributed by atoms with Crippen molar-refractivity contribution in [3.05, 3.63) is 36.4 Å². The number of methoxy groups -OCH3 is 1. The summed E-state index contributed by atoms with van der Waals surface area (Å²) >= 11 is 0. The van der Waals surface area contributed by atoms with E-state index in [2.05, 4.69) is 0 Å². The lowest BCUT2D eigenvalue weighted by Crippen LogP contribution is -2.23. The molecule has 1 atom stereocenters. The maximum absolute atomic E-state index is 12.0. The zero-order valence-electron chi connectivity index (χ0n) is 11.5. The molecule has 0 saturated carbocycles. The molecule has 0 aromatic heterocycles. The minimum absolute atomic E-state index is 0.275. The van der Waals surface area contributed by atoms with E-state index in [0.717, 1.165) is 6.42 Å². The summed E-state index contributed by atoms with van der Waals surface area (Å²) in [4.78, 5) is 0. The Hall–Kier alpha value is -1.49. The highest BCUT2D eigenvalue weighted by Gasteiger charge is 2.22. The third-order valence-electron chi connectivity index (χ3n) is 2.72. The van der Waals surface area contributed by atoms with Gasteiger partial charge in [0.1, 0.15) is 11.5 Å². The van der Waals surface area contributed by atoms with Crippen LogP contribution in [-0.2, 0) is 10.1 Å². The molecule has 19 heavy (non-hydrogen) atoms. The molecular formula is C14H20O4S. The highest BCUT2D eigenvalue weighted by atomic mass is 32.2. The van der Waals surface area contributed by atoms with Gasteiger partial charge in [0.05, 0.1) is 12.4 Å². The molecule has 1 unspecified atom stereocenters. The minimum atomic E-state index is -3.61. The first-order valence-corrected chi connectivity index (χ1v) is 7.65. The molecule has 5 heteroatoms. The Morgan fingerprint density at radius 2 is 2.00 bits per heavy atom. The van der Waals surface area contributed by atoms with Crippen molar-refractivity contribution in [1.29, 1.82) is 0 Å². The normalized spacial score (nSPS) is 13.4. The van der Waals surface area contributed by atoms with E-state index in [0.29, 0.717) is 12.2 Å². The lowest BCUT2D eigenvalue weighted by molar-refractivity contribution is 0.411. The molecule has 0 spiro atoms. The number of ether oxygens (including phenoxy) is 1. The molecule has 0 amide bonds. The second-order valence-electron chi connectivity index (χ2n) is 4.21. The van der Waals surface area contributed by atoms with Crippen LogP contribution in [0.1, 0.15) is 26.7 Å². The zero-order chi connectivity index (χ0) is 14.3. The Morgan fingerprint density at radius 1 is 1.32 bits per heavy atom. The third-order valence-corrected chi connectivity index (χ3v) is 4.37. The van der Waals surface area contributed by atoms with Gasteiger partial charge in [0.25, 0.3) is 0 Å². The van der Waals surface area contributed by atoms with Gasteiger partial charge < -0.3 is 8.92 Å². The second-order valence-corrected chi connectivity index (χ2v) is 6.17. The van der Waals surface area contributed by atoms with Gasteiger partial charge in [-0.05, 0) is 38.8 Å². The lowest BCUT2D eigenvalue weighted by atomic mass is 10.2. The maximum atomic E-state index is 12.0.